The molecular formula is C22H24N2O4S. The smallest absolute Gasteiger partial charge is 0.331 e. The molecule has 7 heteroatoms. The topological polar surface area (TPSA) is 70.4 Å². The van der Waals surface area contributed by atoms with Crippen LogP contribution in [-0.4, -0.2) is 41.6 Å². The van der Waals surface area contributed by atoms with Gasteiger partial charge in [-0.3, -0.25) is 4.79 Å². The maximum Gasteiger partial charge on any atom is 0.331 e. The van der Waals surface area contributed by atoms with E-state index < -0.39 is 5.97 Å². The standard InChI is InChI=1S/C22H24N2O4S/c1-14-11-17(16(3)24(14)15(2)12-27-4)19(25)13-28-22(26)10-9-21-23-18-7-5-6-8-20(18)29-21/h5-11,15H,12-13H2,1-4H3/b10-9+. The zero-order valence-electron chi connectivity index (χ0n) is 17.0. The second kappa shape index (κ2) is 9.15. The van der Waals surface area contributed by atoms with Crippen molar-refractivity contribution in [2.75, 3.05) is 20.3 Å². The molecule has 6 nitrogen and oxygen atoms in total. The fraction of sp³-hybridized carbons (Fsp3) is 0.318. The van der Waals surface area contributed by atoms with Crippen LogP contribution < -0.4 is 0 Å². The number of ether oxygens (including phenoxy) is 2. The van der Waals surface area contributed by atoms with Gasteiger partial charge in [-0.1, -0.05) is 12.1 Å². The van der Waals surface area contributed by atoms with Gasteiger partial charge in [-0.15, -0.1) is 11.3 Å². The Kier molecular flexibility index (Phi) is 6.61. The van der Waals surface area contributed by atoms with Crippen LogP contribution in [0, 0.1) is 13.8 Å². The fourth-order valence-corrected chi connectivity index (χ4v) is 4.29. The van der Waals surface area contributed by atoms with Crippen LogP contribution in [0.15, 0.2) is 36.4 Å². The van der Waals surface area contributed by atoms with Crippen molar-refractivity contribution in [3.8, 4) is 0 Å². The Labute approximate surface area is 173 Å². The summed E-state index contributed by atoms with van der Waals surface area (Å²) < 4.78 is 13.5. The first kappa shape index (κ1) is 21.0. The van der Waals surface area contributed by atoms with Crippen molar-refractivity contribution in [1.82, 2.24) is 9.55 Å². The molecule has 3 rings (SSSR count). The second-order valence-corrected chi connectivity index (χ2v) is 7.91. The van der Waals surface area contributed by atoms with Crippen molar-refractivity contribution in [3.05, 3.63) is 58.4 Å². The van der Waals surface area contributed by atoms with Crippen molar-refractivity contribution in [2.24, 2.45) is 0 Å². The van der Waals surface area contributed by atoms with Gasteiger partial charge in [0.15, 0.2) is 6.61 Å². The summed E-state index contributed by atoms with van der Waals surface area (Å²) in [6.45, 7) is 6.12. The quantitative estimate of drug-likeness (QED) is 0.312. The van der Waals surface area contributed by atoms with Crippen molar-refractivity contribution in [3.63, 3.8) is 0 Å². The molecule has 29 heavy (non-hydrogen) atoms. The number of aryl methyl sites for hydroxylation is 1. The van der Waals surface area contributed by atoms with Crippen molar-refractivity contribution in [2.45, 2.75) is 26.8 Å². The number of hydrogen-bond acceptors (Lipinski definition) is 6. The summed E-state index contributed by atoms with van der Waals surface area (Å²) in [5.41, 5.74) is 3.27. The molecule has 2 heterocycles. The molecule has 0 spiro atoms. The third-order valence-corrected chi connectivity index (χ3v) is 5.65. The number of aromatic nitrogens is 2. The maximum absolute atomic E-state index is 12.6. The SMILES string of the molecule is COCC(C)n1c(C)cc(C(=O)COC(=O)/C=C/c2nc3ccccc3s2)c1C. The van der Waals surface area contributed by atoms with Crippen LogP contribution >= 0.6 is 11.3 Å². The molecule has 0 amide bonds. The predicted molar refractivity (Wildman–Crippen MR) is 114 cm³/mol. The number of ketones is 1. The number of carbonyl (C=O) groups is 2. The van der Waals surface area contributed by atoms with E-state index in [9.17, 15) is 9.59 Å². The molecule has 152 valence electrons. The van der Waals surface area contributed by atoms with E-state index in [1.165, 1.54) is 17.4 Å². The minimum atomic E-state index is -0.570. The number of para-hydroxylation sites is 1. The summed E-state index contributed by atoms with van der Waals surface area (Å²) in [5.74, 6) is -0.796. The maximum atomic E-state index is 12.6. The van der Waals surface area contributed by atoms with E-state index in [2.05, 4.69) is 9.55 Å². The van der Waals surface area contributed by atoms with E-state index in [1.807, 2.05) is 51.1 Å². The van der Waals surface area contributed by atoms with Crippen molar-refractivity contribution in [1.29, 1.82) is 0 Å². The van der Waals surface area contributed by atoms with Crippen LogP contribution in [0.4, 0.5) is 0 Å². The van der Waals surface area contributed by atoms with Gasteiger partial charge < -0.3 is 14.0 Å². The highest BCUT2D eigenvalue weighted by Gasteiger charge is 2.19. The normalized spacial score (nSPS) is 12.6. The van der Waals surface area contributed by atoms with Crippen LogP contribution in [0.2, 0.25) is 0 Å². The van der Waals surface area contributed by atoms with Crippen LogP contribution in [0.1, 0.15) is 39.7 Å². The zero-order valence-corrected chi connectivity index (χ0v) is 17.8. The number of fused-ring (bicyclic) bond motifs is 1. The summed E-state index contributed by atoms with van der Waals surface area (Å²) in [7, 11) is 1.65. The number of benzene rings is 1. The number of carbonyl (C=O) groups excluding carboxylic acids is 2. The van der Waals surface area contributed by atoms with Gasteiger partial charge >= 0.3 is 5.97 Å². The molecule has 0 aliphatic heterocycles. The molecule has 1 atom stereocenters. The lowest BCUT2D eigenvalue weighted by Gasteiger charge is -2.17. The Hall–Kier alpha value is -2.77. The predicted octanol–water partition coefficient (Wildman–Crippen LogP) is 4.36. The van der Waals surface area contributed by atoms with E-state index in [-0.39, 0.29) is 18.4 Å². The Morgan fingerprint density at radius 1 is 1.28 bits per heavy atom. The van der Waals surface area contributed by atoms with Crippen LogP contribution in [-0.2, 0) is 14.3 Å². The minimum absolute atomic E-state index is 0.112. The number of methoxy groups -OCH3 is 1. The fourth-order valence-electron chi connectivity index (χ4n) is 3.42. The molecule has 0 aliphatic carbocycles. The number of esters is 1. The highest BCUT2D eigenvalue weighted by Crippen LogP contribution is 2.23. The molecular weight excluding hydrogens is 388 g/mol. The largest absolute Gasteiger partial charge is 0.454 e. The second-order valence-electron chi connectivity index (χ2n) is 6.84. The molecule has 1 aromatic carbocycles. The molecule has 1 unspecified atom stereocenters. The summed E-state index contributed by atoms with van der Waals surface area (Å²) >= 11 is 1.49. The van der Waals surface area contributed by atoms with Crippen LogP contribution in [0.3, 0.4) is 0 Å². The van der Waals surface area contributed by atoms with Crippen molar-refractivity contribution < 1.29 is 19.1 Å². The van der Waals surface area contributed by atoms with Gasteiger partial charge in [0.2, 0.25) is 5.78 Å². The molecule has 3 aromatic rings. The lowest BCUT2D eigenvalue weighted by atomic mass is 10.1. The average molecular weight is 413 g/mol. The van der Waals surface area contributed by atoms with Gasteiger partial charge in [0, 0.05) is 30.1 Å². The van der Waals surface area contributed by atoms with Gasteiger partial charge in [0.05, 0.1) is 22.9 Å². The molecule has 0 radical (unpaired) electrons. The van der Waals surface area contributed by atoms with E-state index in [0.717, 1.165) is 21.6 Å². The Balaban J connectivity index is 1.61. The van der Waals surface area contributed by atoms with E-state index in [4.69, 9.17) is 9.47 Å². The summed E-state index contributed by atoms with van der Waals surface area (Å²) in [6.07, 6.45) is 2.91. The van der Waals surface area contributed by atoms with Crippen molar-refractivity contribution >= 4 is 39.4 Å². The molecule has 0 bridgehead atoms. The van der Waals surface area contributed by atoms with Crippen LogP contribution in [0.25, 0.3) is 16.3 Å². The third kappa shape index (κ3) is 4.81. The first-order valence-corrected chi connectivity index (χ1v) is 10.1. The molecule has 0 saturated carbocycles. The monoisotopic (exact) mass is 412 g/mol. The first-order chi connectivity index (χ1) is 13.9. The number of Topliss-reactive ketones (excluding diaryl/α,β-unsaturated/α-hetero) is 1. The average Bonchev–Trinajstić information content (AvgIpc) is 3.24. The summed E-state index contributed by atoms with van der Waals surface area (Å²) in [4.78, 5) is 29.0. The van der Waals surface area contributed by atoms with Gasteiger partial charge in [-0.05, 0) is 45.0 Å². The van der Waals surface area contributed by atoms with Gasteiger partial charge in [-0.25, -0.2) is 9.78 Å². The lowest BCUT2D eigenvalue weighted by molar-refractivity contribution is -0.136. The van der Waals surface area contributed by atoms with E-state index in [0.29, 0.717) is 17.2 Å². The highest BCUT2D eigenvalue weighted by atomic mass is 32.1. The molecule has 0 aliphatic rings. The highest BCUT2D eigenvalue weighted by molar-refractivity contribution is 7.19. The van der Waals surface area contributed by atoms with Crippen LogP contribution in [0.5, 0.6) is 0 Å². The van der Waals surface area contributed by atoms with Gasteiger partial charge in [0.1, 0.15) is 5.01 Å². The number of nitrogens with zero attached hydrogens (tertiary/aromatic N) is 2. The lowest BCUT2D eigenvalue weighted by Crippen LogP contribution is -2.16. The van der Waals surface area contributed by atoms with Gasteiger partial charge in [-0.2, -0.15) is 0 Å². The Morgan fingerprint density at radius 2 is 2.03 bits per heavy atom. The van der Waals surface area contributed by atoms with Gasteiger partial charge in [0.25, 0.3) is 0 Å². The van der Waals surface area contributed by atoms with E-state index >= 15 is 0 Å². The number of rotatable bonds is 8. The zero-order chi connectivity index (χ0) is 21.0. The molecule has 0 saturated heterocycles. The summed E-state index contributed by atoms with van der Waals surface area (Å²) in [6, 6.07) is 9.70. The molecule has 0 fully saturated rings. The molecule has 0 N–H and O–H groups in total. The Morgan fingerprint density at radius 3 is 2.76 bits per heavy atom. The minimum Gasteiger partial charge on any atom is -0.454 e. The summed E-state index contributed by atoms with van der Waals surface area (Å²) in [5, 5.41) is 0.713. The molecule has 2 aromatic heterocycles. The third-order valence-electron chi connectivity index (χ3n) is 4.65. The number of hydrogen-bond donors (Lipinski definition) is 0. The van der Waals surface area contributed by atoms with E-state index in [1.54, 1.807) is 13.2 Å². The number of thiazole rings is 1. The Bertz CT molecular complexity index is 1030. The first-order valence-electron chi connectivity index (χ1n) is 9.31.